The molecule has 0 aliphatic heterocycles. The number of aliphatic hydroxyl groups excluding tert-OH is 1. The molecule has 4 heteroatoms. The Hall–Kier alpha value is -1.81. The number of hydrogen-bond donors (Lipinski definition) is 1. The van der Waals surface area contributed by atoms with Crippen molar-refractivity contribution in [2.24, 2.45) is 0 Å². The number of hydrogen-bond acceptors (Lipinski definition) is 3. The number of aliphatic hydroxyl groups is 1. The van der Waals surface area contributed by atoms with Gasteiger partial charge >= 0.3 is 0 Å². The predicted molar refractivity (Wildman–Crippen MR) is 62.9 cm³/mol. The van der Waals surface area contributed by atoms with Crippen molar-refractivity contribution in [3.8, 4) is 5.75 Å². The number of benzene rings is 1. The predicted octanol–water partition coefficient (Wildman–Crippen LogP) is 1.72. The van der Waals surface area contributed by atoms with Crippen molar-refractivity contribution in [1.82, 2.24) is 9.78 Å². The third kappa shape index (κ3) is 1.61. The molecule has 2 unspecified atom stereocenters. The van der Waals surface area contributed by atoms with Crippen LogP contribution in [0.4, 0.5) is 0 Å². The van der Waals surface area contributed by atoms with E-state index in [0.717, 1.165) is 12.0 Å². The molecule has 0 fully saturated rings. The molecule has 4 nitrogen and oxygen atoms in total. The molecule has 1 aliphatic carbocycles. The van der Waals surface area contributed by atoms with Crippen LogP contribution in [0.3, 0.4) is 0 Å². The molecule has 0 saturated heterocycles. The van der Waals surface area contributed by atoms with Crippen molar-refractivity contribution >= 4 is 0 Å². The molecule has 1 aromatic carbocycles. The molecule has 88 valence electrons. The summed E-state index contributed by atoms with van der Waals surface area (Å²) in [5.74, 6) is 0.716. The first-order chi connectivity index (χ1) is 8.29. The molecular weight excluding hydrogens is 216 g/mol. The molecule has 2 aromatic rings. The van der Waals surface area contributed by atoms with E-state index in [-0.39, 0.29) is 6.04 Å². The zero-order valence-corrected chi connectivity index (χ0v) is 9.58. The SMILES string of the molecule is COc1cnn(C2Cc3ccccc3C2O)c1. The molecule has 1 N–H and O–H groups in total. The van der Waals surface area contributed by atoms with Crippen LogP contribution in [0.15, 0.2) is 36.7 Å². The number of ether oxygens (including phenoxy) is 1. The van der Waals surface area contributed by atoms with Crippen molar-refractivity contribution in [3.05, 3.63) is 47.8 Å². The monoisotopic (exact) mass is 230 g/mol. The average molecular weight is 230 g/mol. The summed E-state index contributed by atoms with van der Waals surface area (Å²) in [5.41, 5.74) is 2.20. The quantitative estimate of drug-likeness (QED) is 0.854. The van der Waals surface area contributed by atoms with Gasteiger partial charge in [-0.3, -0.25) is 4.68 Å². The van der Waals surface area contributed by atoms with E-state index in [1.165, 1.54) is 5.56 Å². The van der Waals surface area contributed by atoms with E-state index >= 15 is 0 Å². The van der Waals surface area contributed by atoms with Crippen molar-refractivity contribution < 1.29 is 9.84 Å². The Labute approximate surface area is 99.5 Å². The zero-order valence-electron chi connectivity index (χ0n) is 9.58. The molecule has 0 bridgehead atoms. The minimum atomic E-state index is -0.490. The van der Waals surface area contributed by atoms with Crippen LogP contribution < -0.4 is 4.74 Å². The molecule has 0 radical (unpaired) electrons. The highest BCUT2D eigenvalue weighted by molar-refractivity contribution is 5.35. The van der Waals surface area contributed by atoms with Crippen LogP contribution in [0.1, 0.15) is 23.3 Å². The van der Waals surface area contributed by atoms with Gasteiger partial charge in [0, 0.05) is 0 Å². The summed E-state index contributed by atoms with van der Waals surface area (Å²) in [6.07, 6.45) is 3.80. The lowest BCUT2D eigenvalue weighted by Crippen LogP contribution is -2.14. The summed E-state index contributed by atoms with van der Waals surface area (Å²) in [6, 6.07) is 7.95. The Morgan fingerprint density at radius 3 is 2.94 bits per heavy atom. The third-order valence-electron chi connectivity index (χ3n) is 3.32. The third-order valence-corrected chi connectivity index (χ3v) is 3.32. The Morgan fingerprint density at radius 2 is 2.24 bits per heavy atom. The number of aromatic nitrogens is 2. The van der Waals surface area contributed by atoms with Gasteiger partial charge in [0.05, 0.1) is 25.5 Å². The maximum Gasteiger partial charge on any atom is 0.156 e. The minimum Gasteiger partial charge on any atom is -0.493 e. The summed E-state index contributed by atoms with van der Waals surface area (Å²) in [6.45, 7) is 0. The summed E-state index contributed by atoms with van der Waals surface area (Å²) in [7, 11) is 1.61. The van der Waals surface area contributed by atoms with E-state index in [1.807, 2.05) is 24.4 Å². The van der Waals surface area contributed by atoms with E-state index in [9.17, 15) is 5.11 Å². The second-order valence-electron chi connectivity index (χ2n) is 4.28. The van der Waals surface area contributed by atoms with Crippen LogP contribution in [0.25, 0.3) is 0 Å². The van der Waals surface area contributed by atoms with Gasteiger partial charge in [0.25, 0.3) is 0 Å². The number of rotatable bonds is 2. The summed E-state index contributed by atoms with van der Waals surface area (Å²) in [5, 5.41) is 14.5. The Kier molecular flexibility index (Phi) is 2.37. The van der Waals surface area contributed by atoms with Gasteiger partial charge in [0.15, 0.2) is 5.75 Å². The van der Waals surface area contributed by atoms with E-state index in [1.54, 1.807) is 18.0 Å². The topological polar surface area (TPSA) is 47.3 Å². The van der Waals surface area contributed by atoms with Crippen LogP contribution >= 0.6 is 0 Å². The second-order valence-corrected chi connectivity index (χ2v) is 4.28. The molecule has 0 spiro atoms. The van der Waals surface area contributed by atoms with Crippen LogP contribution in [0.2, 0.25) is 0 Å². The lowest BCUT2D eigenvalue weighted by atomic mass is 10.1. The Balaban J connectivity index is 1.93. The molecule has 0 amide bonds. The number of fused-ring (bicyclic) bond motifs is 1. The normalized spacial score (nSPS) is 22.5. The highest BCUT2D eigenvalue weighted by Gasteiger charge is 2.32. The fourth-order valence-corrected chi connectivity index (χ4v) is 2.40. The van der Waals surface area contributed by atoms with Gasteiger partial charge in [-0.15, -0.1) is 0 Å². The van der Waals surface area contributed by atoms with Crippen molar-refractivity contribution in [1.29, 1.82) is 0 Å². The lowest BCUT2D eigenvalue weighted by molar-refractivity contribution is 0.121. The van der Waals surface area contributed by atoms with Crippen molar-refractivity contribution in [3.63, 3.8) is 0 Å². The minimum absolute atomic E-state index is 0.0312. The number of methoxy groups -OCH3 is 1. The van der Waals surface area contributed by atoms with Crippen molar-refractivity contribution in [2.75, 3.05) is 7.11 Å². The Bertz CT molecular complexity index is 536. The van der Waals surface area contributed by atoms with E-state index in [2.05, 4.69) is 11.2 Å². The molecule has 3 rings (SSSR count). The zero-order chi connectivity index (χ0) is 11.8. The molecule has 1 aromatic heterocycles. The van der Waals surface area contributed by atoms with Crippen LogP contribution in [0.5, 0.6) is 5.75 Å². The first-order valence-corrected chi connectivity index (χ1v) is 5.63. The lowest BCUT2D eigenvalue weighted by Gasteiger charge is -2.15. The maximum atomic E-state index is 10.3. The van der Waals surface area contributed by atoms with E-state index < -0.39 is 6.10 Å². The van der Waals surface area contributed by atoms with Gasteiger partial charge in [-0.05, 0) is 17.5 Å². The molecule has 1 aliphatic rings. The van der Waals surface area contributed by atoms with Crippen LogP contribution in [-0.2, 0) is 6.42 Å². The number of nitrogens with zero attached hydrogens (tertiary/aromatic N) is 2. The summed E-state index contributed by atoms with van der Waals surface area (Å²) >= 11 is 0. The Morgan fingerprint density at radius 1 is 1.41 bits per heavy atom. The van der Waals surface area contributed by atoms with E-state index in [4.69, 9.17) is 4.74 Å². The maximum absolute atomic E-state index is 10.3. The average Bonchev–Trinajstić information content (AvgIpc) is 2.95. The summed E-state index contributed by atoms with van der Waals surface area (Å²) in [4.78, 5) is 0. The molecule has 1 heterocycles. The largest absolute Gasteiger partial charge is 0.493 e. The van der Waals surface area contributed by atoms with Gasteiger partial charge in [0.2, 0.25) is 0 Å². The molecule has 17 heavy (non-hydrogen) atoms. The van der Waals surface area contributed by atoms with Gasteiger partial charge in [-0.1, -0.05) is 24.3 Å². The fourth-order valence-electron chi connectivity index (χ4n) is 2.40. The van der Waals surface area contributed by atoms with Crippen LogP contribution in [0, 0.1) is 0 Å². The molecular formula is C13H14N2O2. The van der Waals surface area contributed by atoms with Crippen LogP contribution in [-0.4, -0.2) is 22.0 Å². The fraction of sp³-hybridized carbons (Fsp3) is 0.308. The van der Waals surface area contributed by atoms with Gasteiger partial charge in [-0.25, -0.2) is 0 Å². The van der Waals surface area contributed by atoms with Gasteiger partial charge < -0.3 is 9.84 Å². The molecule has 2 atom stereocenters. The highest BCUT2D eigenvalue weighted by atomic mass is 16.5. The summed E-state index contributed by atoms with van der Waals surface area (Å²) < 4.78 is 6.88. The second kappa shape index (κ2) is 3.89. The molecule has 0 saturated carbocycles. The standard InChI is InChI=1S/C13H14N2O2/c1-17-10-7-14-15(8-10)12-6-9-4-2-3-5-11(9)13(12)16/h2-5,7-8,12-13,16H,6H2,1H3. The van der Waals surface area contributed by atoms with Crippen molar-refractivity contribution in [2.45, 2.75) is 18.6 Å². The highest BCUT2D eigenvalue weighted by Crippen LogP contribution is 2.38. The van der Waals surface area contributed by atoms with Gasteiger partial charge in [0.1, 0.15) is 6.10 Å². The first kappa shape index (κ1) is 10.4. The first-order valence-electron chi connectivity index (χ1n) is 5.63. The smallest absolute Gasteiger partial charge is 0.156 e. The van der Waals surface area contributed by atoms with E-state index in [0.29, 0.717) is 5.75 Å². The van der Waals surface area contributed by atoms with Gasteiger partial charge in [-0.2, -0.15) is 5.10 Å².